The summed E-state index contributed by atoms with van der Waals surface area (Å²) in [6.45, 7) is 3.27. The second kappa shape index (κ2) is 10.4. The predicted octanol–water partition coefficient (Wildman–Crippen LogP) is 3.43. The highest BCUT2D eigenvalue weighted by Gasteiger charge is 2.18. The van der Waals surface area contributed by atoms with Crippen molar-refractivity contribution in [1.29, 1.82) is 0 Å². The zero-order chi connectivity index (χ0) is 20.5. The zero-order valence-corrected chi connectivity index (χ0v) is 16.8. The maximum atomic E-state index is 12.0. The van der Waals surface area contributed by atoms with Crippen molar-refractivity contribution in [2.24, 2.45) is 5.10 Å². The van der Waals surface area contributed by atoms with Crippen LogP contribution in [-0.4, -0.2) is 36.0 Å². The zero-order valence-electron chi connectivity index (χ0n) is 16.8. The topological polar surface area (TPSA) is 71.0 Å². The highest BCUT2D eigenvalue weighted by atomic mass is 16.5. The number of amides is 2. The highest BCUT2D eigenvalue weighted by Crippen LogP contribution is 2.14. The van der Waals surface area contributed by atoms with Crippen molar-refractivity contribution >= 4 is 18.0 Å². The van der Waals surface area contributed by atoms with E-state index in [1.54, 1.807) is 11.1 Å². The van der Waals surface area contributed by atoms with E-state index in [1.165, 1.54) is 5.56 Å². The Morgan fingerprint density at radius 3 is 2.62 bits per heavy atom. The summed E-state index contributed by atoms with van der Waals surface area (Å²) in [4.78, 5) is 25.6. The predicted molar refractivity (Wildman–Crippen MR) is 113 cm³/mol. The maximum absolute atomic E-state index is 12.0. The van der Waals surface area contributed by atoms with Gasteiger partial charge in [0.05, 0.1) is 6.21 Å². The first-order valence-corrected chi connectivity index (χ1v) is 9.98. The molecule has 0 bridgehead atoms. The summed E-state index contributed by atoms with van der Waals surface area (Å²) in [5, 5.41) is 3.98. The Hall–Kier alpha value is -3.15. The van der Waals surface area contributed by atoms with Crippen LogP contribution in [0.2, 0.25) is 0 Å². The normalized spacial score (nSPS) is 14.7. The summed E-state index contributed by atoms with van der Waals surface area (Å²) in [6.07, 6.45) is 4.98. The lowest BCUT2D eigenvalue weighted by molar-refractivity contribution is -0.135. The molecule has 2 aromatic rings. The van der Waals surface area contributed by atoms with E-state index in [0.717, 1.165) is 36.1 Å². The number of hydrazone groups is 1. The number of nitrogens with one attached hydrogen (secondary N) is 1. The van der Waals surface area contributed by atoms with Crippen molar-refractivity contribution in [3.63, 3.8) is 0 Å². The first-order valence-electron chi connectivity index (χ1n) is 9.98. The average molecular weight is 393 g/mol. The molecule has 0 aliphatic carbocycles. The molecule has 3 rings (SSSR count). The Morgan fingerprint density at radius 1 is 1.10 bits per heavy atom. The molecular weight excluding hydrogens is 366 g/mol. The van der Waals surface area contributed by atoms with Crippen LogP contribution in [0.25, 0.3) is 0 Å². The molecule has 0 unspecified atom stereocenters. The molecule has 1 fully saturated rings. The first kappa shape index (κ1) is 20.6. The third kappa shape index (κ3) is 6.75. The van der Waals surface area contributed by atoms with Crippen molar-refractivity contribution in [2.75, 3.05) is 13.1 Å². The van der Waals surface area contributed by atoms with Gasteiger partial charge in [0.1, 0.15) is 18.9 Å². The largest absolute Gasteiger partial charge is 0.489 e. The smallest absolute Gasteiger partial charge is 0.259 e. The Kier molecular flexibility index (Phi) is 7.39. The number of rotatable bonds is 7. The van der Waals surface area contributed by atoms with E-state index < -0.39 is 0 Å². The van der Waals surface area contributed by atoms with Gasteiger partial charge in [-0.1, -0.05) is 36.2 Å². The lowest BCUT2D eigenvalue weighted by Gasteiger charge is -2.18. The Labute approximate surface area is 171 Å². The van der Waals surface area contributed by atoms with Gasteiger partial charge in [-0.2, -0.15) is 5.10 Å². The van der Waals surface area contributed by atoms with Gasteiger partial charge in [0.25, 0.3) is 5.91 Å². The van der Waals surface area contributed by atoms with E-state index in [9.17, 15) is 9.59 Å². The van der Waals surface area contributed by atoms with E-state index in [4.69, 9.17) is 4.74 Å². The quantitative estimate of drug-likeness (QED) is 0.579. The molecule has 6 heteroatoms. The van der Waals surface area contributed by atoms with Gasteiger partial charge in [-0.25, -0.2) is 5.43 Å². The van der Waals surface area contributed by atoms with E-state index in [1.807, 2.05) is 24.3 Å². The van der Waals surface area contributed by atoms with Gasteiger partial charge >= 0.3 is 0 Å². The summed E-state index contributed by atoms with van der Waals surface area (Å²) < 4.78 is 5.78. The highest BCUT2D eigenvalue weighted by molar-refractivity contribution is 5.86. The molecule has 0 radical (unpaired) electrons. The van der Waals surface area contributed by atoms with Crippen LogP contribution in [0.1, 0.15) is 42.4 Å². The lowest BCUT2D eigenvalue weighted by atomic mass is 10.2. The van der Waals surface area contributed by atoms with Crippen molar-refractivity contribution in [3.8, 4) is 5.75 Å². The second-order valence-electron chi connectivity index (χ2n) is 7.26. The fraction of sp³-hybridized carbons (Fsp3) is 0.348. The lowest BCUT2D eigenvalue weighted by Crippen LogP contribution is -2.39. The molecule has 1 aliphatic rings. The van der Waals surface area contributed by atoms with Crippen molar-refractivity contribution in [2.45, 2.75) is 39.2 Å². The molecule has 1 aliphatic heterocycles. The van der Waals surface area contributed by atoms with E-state index in [-0.39, 0.29) is 18.4 Å². The second-order valence-corrected chi connectivity index (χ2v) is 7.26. The third-order valence-electron chi connectivity index (χ3n) is 4.81. The number of aryl methyl sites for hydroxylation is 1. The Balaban J connectivity index is 1.43. The van der Waals surface area contributed by atoms with Gasteiger partial charge in [0, 0.05) is 13.0 Å². The Morgan fingerprint density at radius 2 is 1.86 bits per heavy atom. The van der Waals surface area contributed by atoms with E-state index in [2.05, 4.69) is 41.7 Å². The molecule has 1 heterocycles. The van der Waals surface area contributed by atoms with Gasteiger partial charge < -0.3 is 9.64 Å². The molecule has 0 atom stereocenters. The molecule has 29 heavy (non-hydrogen) atoms. The number of carbonyl (C=O) groups is 2. The van der Waals surface area contributed by atoms with Gasteiger partial charge in [0.2, 0.25) is 5.91 Å². The molecule has 0 saturated carbocycles. The SMILES string of the molecule is Cc1ccc(COc2ccc(/C=N\NC(=O)CN3CCCCCC3=O)cc2)cc1. The molecule has 6 nitrogen and oxygen atoms in total. The van der Waals surface area contributed by atoms with Crippen molar-refractivity contribution in [3.05, 3.63) is 65.2 Å². The third-order valence-corrected chi connectivity index (χ3v) is 4.81. The van der Waals surface area contributed by atoms with Gasteiger partial charge in [0.15, 0.2) is 0 Å². The number of hydrogen-bond acceptors (Lipinski definition) is 4. The summed E-state index contributed by atoms with van der Waals surface area (Å²) in [6, 6.07) is 15.7. The monoisotopic (exact) mass is 393 g/mol. The van der Waals surface area contributed by atoms with Gasteiger partial charge in [-0.05, 0) is 55.2 Å². The Bertz CT molecular complexity index is 845. The number of ether oxygens (including phenoxy) is 1. The molecule has 1 N–H and O–H groups in total. The van der Waals surface area contributed by atoms with Crippen LogP contribution in [0.3, 0.4) is 0 Å². The molecule has 0 aromatic heterocycles. The van der Waals surface area contributed by atoms with Crippen LogP contribution < -0.4 is 10.2 Å². The minimum atomic E-state index is -0.283. The first-order chi connectivity index (χ1) is 14.1. The van der Waals surface area contributed by atoms with Crippen LogP contribution in [0.4, 0.5) is 0 Å². The van der Waals surface area contributed by atoms with Crippen LogP contribution in [-0.2, 0) is 16.2 Å². The van der Waals surface area contributed by atoms with Crippen LogP contribution in [0.15, 0.2) is 53.6 Å². The van der Waals surface area contributed by atoms with Crippen molar-refractivity contribution in [1.82, 2.24) is 10.3 Å². The fourth-order valence-corrected chi connectivity index (χ4v) is 3.09. The number of likely N-dealkylation sites (tertiary alicyclic amines) is 1. The maximum Gasteiger partial charge on any atom is 0.259 e. The van der Waals surface area contributed by atoms with Crippen molar-refractivity contribution < 1.29 is 14.3 Å². The number of hydrogen-bond donors (Lipinski definition) is 1. The minimum Gasteiger partial charge on any atom is -0.489 e. The molecule has 1 saturated heterocycles. The number of carbonyl (C=O) groups excluding carboxylic acids is 2. The minimum absolute atomic E-state index is 0.0443. The summed E-state index contributed by atoms with van der Waals surface area (Å²) in [7, 11) is 0. The molecule has 2 aromatic carbocycles. The fourth-order valence-electron chi connectivity index (χ4n) is 3.09. The van der Waals surface area contributed by atoms with Gasteiger partial charge in [-0.15, -0.1) is 0 Å². The summed E-state index contributed by atoms with van der Waals surface area (Å²) >= 11 is 0. The van der Waals surface area contributed by atoms with Crippen LogP contribution >= 0.6 is 0 Å². The number of nitrogens with zero attached hydrogens (tertiary/aromatic N) is 2. The summed E-state index contributed by atoms with van der Waals surface area (Å²) in [5.74, 6) is 0.531. The molecule has 152 valence electrons. The molecule has 2 amide bonds. The van der Waals surface area contributed by atoms with Gasteiger partial charge in [-0.3, -0.25) is 9.59 Å². The molecule has 0 spiro atoms. The van der Waals surface area contributed by atoms with Crippen LogP contribution in [0, 0.1) is 6.92 Å². The standard InChI is InChI=1S/C23H27N3O3/c1-18-6-8-20(9-7-18)17-29-21-12-10-19(11-13-21)15-24-25-22(27)16-26-14-4-2-3-5-23(26)28/h6-13,15H,2-5,14,16-17H2,1H3,(H,25,27)/b24-15-. The van der Waals surface area contributed by atoms with E-state index >= 15 is 0 Å². The van der Waals surface area contributed by atoms with E-state index in [0.29, 0.717) is 19.6 Å². The summed E-state index contributed by atoms with van der Waals surface area (Å²) in [5.41, 5.74) is 5.68. The average Bonchev–Trinajstić information content (AvgIpc) is 2.93. The number of benzene rings is 2. The molecular formula is C23H27N3O3. The van der Waals surface area contributed by atoms with Crippen LogP contribution in [0.5, 0.6) is 5.75 Å².